The number of carbonyl (C=O) groups excluding carboxylic acids is 1. The monoisotopic (exact) mass is 322 g/mol. The van der Waals surface area contributed by atoms with E-state index < -0.39 is 0 Å². The lowest BCUT2D eigenvalue weighted by atomic mass is 10.1. The average molecular weight is 323 g/mol. The Morgan fingerprint density at radius 3 is 2.74 bits per heavy atom. The van der Waals surface area contributed by atoms with E-state index >= 15 is 0 Å². The second-order valence-corrected chi connectivity index (χ2v) is 5.23. The van der Waals surface area contributed by atoms with Gasteiger partial charge in [-0.05, 0) is 33.1 Å². The fourth-order valence-corrected chi connectivity index (χ4v) is 2.38. The first-order chi connectivity index (χ1) is 9.10. The molecule has 0 aliphatic carbocycles. The summed E-state index contributed by atoms with van der Waals surface area (Å²) in [6.07, 6.45) is 1.83. The molecule has 0 radical (unpaired) electrons. The lowest BCUT2D eigenvalue weighted by molar-refractivity contribution is 0.0943. The van der Waals surface area contributed by atoms with E-state index in [0.29, 0.717) is 12.2 Å². The lowest BCUT2D eigenvalue weighted by Crippen LogP contribution is -2.24. The van der Waals surface area contributed by atoms with Crippen molar-refractivity contribution in [2.24, 2.45) is 7.05 Å². The zero-order valence-corrected chi connectivity index (χ0v) is 12.1. The molecule has 0 bridgehead atoms. The standard InChI is InChI=1S/C14H15BrN2O2/c1-17-8-12(15)6-13(17)14(19)16-7-10-3-2-4-11(5-10)9-18/h2-6,8,18H,7,9H2,1H3,(H,16,19). The van der Waals surface area contributed by atoms with Crippen LogP contribution in [0.1, 0.15) is 21.6 Å². The van der Waals surface area contributed by atoms with E-state index in [0.717, 1.165) is 15.6 Å². The minimum Gasteiger partial charge on any atom is -0.392 e. The van der Waals surface area contributed by atoms with Gasteiger partial charge in [-0.25, -0.2) is 0 Å². The molecule has 2 aromatic rings. The van der Waals surface area contributed by atoms with Crippen molar-refractivity contribution in [2.75, 3.05) is 0 Å². The Labute approximate surface area is 120 Å². The van der Waals surface area contributed by atoms with Gasteiger partial charge in [0.2, 0.25) is 0 Å². The van der Waals surface area contributed by atoms with E-state index in [1.165, 1.54) is 0 Å². The number of aliphatic hydroxyl groups excluding tert-OH is 1. The number of nitrogens with one attached hydrogen (secondary N) is 1. The van der Waals surface area contributed by atoms with Crippen LogP contribution < -0.4 is 5.32 Å². The first kappa shape index (κ1) is 13.8. The Balaban J connectivity index is 2.02. The van der Waals surface area contributed by atoms with Gasteiger partial charge in [-0.3, -0.25) is 4.79 Å². The number of aromatic nitrogens is 1. The third-order valence-electron chi connectivity index (χ3n) is 2.83. The molecular formula is C14H15BrN2O2. The first-order valence-electron chi connectivity index (χ1n) is 5.89. The van der Waals surface area contributed by atoms with Crippen molar-refractivity contribution in [3.05, 3.63) is 57.8 Å². The van der Waals surface area contributed by atoms with Crippen molar-refractivity contribution in [1.82, 2.24) is 9.88 Å². The molecule has 0 unspecified atom stereocenters. The zero-order chi connectivity index (χ0) is 13.8. The van der Waals surface area contributed by atoms with Gasteiger partial charge >= 0.3 is 0 Å². The third kappa shape index (κ3) is 3.45. The average Bonchev–Trinajstić information content (AvgIpc) is 2.75. The molecule has 1 amide bonds. The van der Waals surface area contributed by atoms with Gasteiger partial charge in [-0.2, -0.15) is 0 Å². The van der Waals surface area contributed by atoms with Crippen LogP contribution >= 0.6 is 15.9 Å². The number of hydrogen-bond donors (Lipinski definition) is 2. The molecule has 0 atom stereocenters. The van der Waals surface area contributed by atoms with Gasteiger partial charge in [0.05, 0.1) is 6.61 Å². The Morgan fingerprint density at radius 2 is 2.11 bits per heavy atom. The van der Waals surface area contributed by atoms with Crippen LogP contribution in [0.3, 0.4) is 0 Å². The number of hydrogen-bond acceptors (Lipinski definition) is 2. The van der Waals surface area contributed by atoms with Crippen LogP contribution in [0.5, 0.6) is 0 Å². The number of amides is 1. The van der Waals surface area contributed by atoms with Gasteiger partial charge in [-0.15, -0.1) is 0 Å². The summed E-state index contributed by atoms with van der Waals surface area (Å²) in [5.41, 5.74) is 2.41. The highest BCUT2D eigenvalue weighted by molar-refractivity contribution is 9.10. The largest absolute Gasteiger partial charge is 0.392 e. The highest BCUT2D eigenvalue weighted by Gasteiger charge is 2.10. The summed E-state index contributed by atoms with van der Waals surface area (Å²) < 4.78 is 2.64. The van der Waals surface area contributed by atoms with Crippen LogP contribution in [0.4, 0.5) is 0 Å². The Bertz CT molecular complexity index is 593. The number of rotatable bonds is 4. The molecule has 2 rings (SSSR count). The molecule has 19 heavy (non-hydrogen) atoms. The van der Waals surface area contributed by atoms with Crippen molar-refractivity contribution in [1.29, 1.82) is 0 Å². The molecule has 0 aliphatic rings. The Morgan fingerprint density at radius 1 is 1.37 bits per heavy atom. The summed E-state index contributed by atoms with van der Waals surface area (Å²) in [6, 6.07) is 9.28. The van der Waals surface area contributed by atoms with Gasteiger partial charge in [-0.1, -0.05) is 24.3 Å². The lowest BCUT2D eigenvalue weighted by Gasteiger charge is -2.07. The van der Waals surface area contributed by atoms with E-state index in [2.05, 4.69) is 21.2 Å². The topological polar surface area (TPSA) is 54.3 Å². The van der Waals surface area contributed by atoms with Crippen molar-refractivity contribution in [3.63, 3.8) is 0 Å². The molecule has 1 heterocycles. The molecule has 2 N–H and O–H groups in total. The van der Waals surface area contributed by atoms with Gasteiger partial charge in [0.15, 0.2) is 0 Å². The molecule has 1 aromatic heterocycles. The number of aliphatic hydroxyl groups is 1. The molecule has 0 saturated heterocycles. The van der Waals surface area contributed by atoms with Gasteiger partial charge in [0, 0.05) is 24.3 Å². The predicted molar refractivity (Wildman–Crippen MR) is 76.6 cm³/mol. The second kappa shape index (κ2) is 6.04. The fraction of sp³-hybridized carbons (Fsp3) is 0.214. The maximum Gasteiger partial charge on any atom is 0.268 e. The quantitative estimate of drug-likeness (QED) is 0.906. The maximum absolute atomic E-state index is 12.0. The molecular weight excluding hydrogens is 308 g/mol. The van der Waals surface area contributed by atoms with Crippen LogP contribution in [0.2, 0.25) is 0 Å². The predicted octanol–water partition coefficient (Wildman–Crippen LogP) is 2.21. The summed E-state index contributed by atoms with van der Waals surface area (Å²) in [7, 11) is 1.83. The highest BCUT2D eigenvalue weighted by atomic mass is 79.9. The van der Waals surface area contributed by atoms with Gasteiger partial charge < -0.3 is 15.0 Å². The zero-order valence-electron chi connectivity index (χ0n) is 10.6. The number of carbonyl (C=O) groups is 1. The smallest absolute Gasteiger partial charge is 0.268 e. The Hall–Kier alpha value is -1.59. The van der Waals surface area contributed by atoms with Crippen LogP contribution in [0, 0.1) is 0 Å². The summed E-state index contributed by atoms with van der Waals surface area (Å²) in [5.74, 6) is -0.123. The summed E-state index contributed by atoms with van der Waals surface area (Å²) >= 11 is 3.34. The molecule has 100 valence electrons. The first-order valence-corrected chi connectivity index (χ1v) is 6.68. The van der Waals surface area contributed by atoms with E-state index in [-0.39, 0.29) is 12.5 Å². The van der Waals surface area contributed by atoms with Crippen molar-refractivity contribution < 1.29 is 9.90 Å². The number of aryl methyl sites for hydroxylation is 1. The summed E-state index contributed by atoms with van der Waals surface area (Å²) in [4.78, 5) is 12.0. The van der Waals surface area contributed by atoms with E-state index in [4.69, 9.17) is 5.11 Å². The normalized spacial score (nSPS) is 10.5. The highest BCUT2D eigenvalue weighted by Crippen LogP contribution is 2.13. The van der Waals surface area contributed by atoms with Crippen molar-refractivity contribution in [3.8, 4) is 0 Å². The van der Waals surface area contributed by atoms with E-state index in [1.54, 1.807) is 10.6 Å². The third-order valence-corrected chi connectivity index (χ3v) is 3.26. The molecule has 5 heteroatoms. The Kier molecular flexibility index (Phi) is 4.39. The van der Waals surface area contributed by atoms with Crippen LogP contribution in [-0.4, -0.2) is 15.6 Å². The molecule has 0 spiro atoms. The van der Waals surface area contributed by atoms with Crippen LogP contribution in [-0.2, 0) is 20.2 Å². The number of halogens is 1. The minimum absolute atomic E-state index is 0.00649. The summed E-state index contributed by atoms with van der Waals surface area (Å²) in [6.45, 7) is 0.446. The van der Waals surface area contributed by atoms with E-state index in [1.807, 2.05) is 37.5 Å². The fourth-order valence-electron chi connectivity index (χ4n) is 1.86. The van der Waals surface area contributed by atoms with Gasteiger partial charge in [0.1, 0.15) is 5.69 Å². The molecule has 0 aliphatic heterocycles. The molecule has 0 saturated carbocycles. The second-order valence-electron chi connectivity index (χ2n) is 4.32. The van der Waals surface area contributed by atoms with Crippen LogP contribution in [0.25, 0.3) is 0 Å². The maximum atomic E-state index is 12.0. The van der Waals surface area contributed by atoms with Crippen molar-refractivity contribution in [2.45, 2.75) is 13.2 Å². The SMILES string of the molecule is Cn1cc(Br)cc1C(=O)NCc1cccc(CO)c1. The molecule has 4 nitrogen and oxygen atoms in total. The van der Waals surface area contributed by atoms with Gasteiger partial charge in [0.25, 0.3) is 5.91 Å². The van der Waals surface area contributed by atoms with Crippen molar-refractivity contribution >= 4 is 21.8 Å². The van der Waals surface area contributed by atoms with Crippen LogP contribution in [0.15, 0.2) is 41.0 Å². The summed E-state index contributed by atoms with van der Waals surface area (Å²) in [5, 5.41) is 11.9. The molecule has 0 fully saturated rings. The molecule has 1 aromatic carbocycles. The number of nitrogens with zero attached hydrogens (tertiary/aromatic N) is 1. The van der Waals surface area contributed by atoms with E-state index in [9.17, 15) is 4.79 Å². The number of benzene rings is 1. The minimum atomic E-state index is -0.123.